The molecule has 0 spiro atoms. The van der Waals surface area contributed by atoms with Crippen LogP contribution in [0.1, 0.15) is 5.56 Å². The number of pyridine rings is 1. The van der Waals surface area contributed by atoms with Crippen LogP contribution in [0.25, 0.3) is 10.9 Å². The van der Waals surface area contributed by atoms with Gasteiger partial charge in [0, 0.05) is 52.9 Å². The Balaban J connectivity index is 1.84. The minimum atomic E-state index is -0.637. The topological polar surface area (TPSA) is 33.2 Å². The van der Waals surface area contributed by atoms with Gasteiger partial charge in [-0.3, -0.25) is 9.11 Å². The third-order valence-corrected chi connectivity index (χ3v) is 5.02. The highest BCUT2D eigenvalue weighted by atomic mass is 35.5. The molecule has 0 N–H and O–H groups in total. The first-order valence-corrected chi connectivity index (χ1v) is 8.20. The predicted octanol–water partition coefficient (Wildman–Crippen LogP) is 2.45. The summed E-state index contributed by atoms with van der Waals surface area (Å²) >= 11 is 6.25. The Kier molecular flexibility index (Phi) is 3.82. The van der Waals surface area contributed by atoms with Crippen molar-refractivity contribution in [3.8, 4) is 0 Å². The highest BCUT2D eigenvalue weighted by Gasteiger charge is 2.16. The number of halogens is 1. The third kappa shape index (κ3) is 2.96. The van der Waals surface area contributed by atoms with Gasteiger partial charge in [-0.05, 0) is 12.1 Å². The lowest BCUT2D eigenvalue weighted by atomic mass is 10.1. The minimum absolute atomic E-state index is 0.574. The number of fused-ring (bicyclic) bond motifs is 1. The molecule has 1 fully saturated rings. The molecule has 0 aliphatic carbocycles. The van der Waals surface area contributed by atoms with Crippen LogP contribution in [0, 0.1) is 0 Å². The Morgan fingerprint density at radius 2 is 2.00 bits per heavy atom. The Bertz CT molecular complexity index is 622. The molecular formula is C14H15ClN2OS. The number of benzene rings is 1. The fraction of sp³-hybridized carbons (Fsp3) is 0.357. The van der Waals surface area contributed by atoms with Crippen LogP contribution >= 0.6 is 11.6 Å². The van der Waals surface area contributed by atoms with E-state index in [9.17, 15) is 4.21 Å². The van der Waals surface area contributed by atoms with Crippen LogP contribution in [-0.4, -0.2) is 38.7 Å². The van der Waals surface area contributed by atoms with Crippen molar-refractivity contribution < 1.29 is 4.21 Å². The molecule has 19 heavy (non-hydrogen) atoms. The van der Waals surface area contributed by atoms with Crippen LogP contribution < -0.4 is 0 Å². The molecule has 0 atom stereocenters. The Morgan fingerprint density at radius 3 is 2.79 bits per heavy atom. The fourth-order valence-corrected chi connectivity index (χ4v) is 3.65. The molecule has 0 unspecified atom stereocenters. The van der Waals surface area contributed by atoms with Crippen LogP contribution in [0.2, 0.25) is 5.15 Å². The van der Waals surface area contributed by atoms with E-state index in [1.165, 1.54) is 0 Å². The van der Waals surface area contributed by atoms with Gasteiger partial charge in [-0.25, -0.2) is 4.98 Å². The van der Waals surface area contributed by atoms with E-state index < -0.39 is 10.8 Å². The lowest BCUT2D eigenvalue weighted by molar-refractivity contribution is 0.291. The van der Waals surface area contributed by atoms with Gasteiger partial charge in [0.1, 0.15) is 5.15 Å². The number of hydrogen-bond acceptors (Lipinski definition) is 3. The highest BCUT2D eigenvalue weighted by molar-refractivity contribution is 7.85. The number of hydrogen-bond donors (Lipinski definition) is 0. The summed E-state index contributed by atoms with van der Waals surface area (Å²) in [5, 5.41) is 1.69. The molecule has 0 bridgehead atoms. The van der Waals surface area contributed by atoms with Crippen molar-refractivity contribution in [1.29, 1.82) is 0 Å². The molecule has 2 heterocycles. The molecule has 1 aliphatic rings. The molecule has 2 aromatic rings. The lowest BCUT2D eigenvalue weighted by Gasteiger charge is -2.26. The number of nitrogens with zero attached hydrogens (tertiary/aromatic N) is 2. The normalized spacial score (nSPS) is 17.9. The molecule has 0 radical (unpaired) electrons. The van der Waals surface area contributed by atoms with Gasteiger partial charge in [-0.15, -0.1) is 0 Å². The maximum atomic E-state index is 11.3. The van der Waals surface area contributed by atoms with E-state index in [0.29, 0.717) is 5.15 Å². The molecule has 1 saturated heterocycles. The van der Waals surface area contributed by atoms with Crippen LogP contribution in [0.15, 0.2) is 30.3 Å². The molecule has 5 heteroatoms. The van der Waals surface area contributed by atoms with Crippen molar-refractivity contribution in [2.24, 2.45) is 0 Å². The summed E-state index contributed by atoms with van der Waals surface area (Å²) in [6.45, 7) is 2.53. The molecule has 1 aromatic heterocycles. The number of para-hydroxylation sites is 1. The average molecular weight is 295 g/mol. The number of rotatable bonds is 2. The first-order valence-electron chi connectivity index (χ1n) is 6.34. The molecular weight excluding hydrogens is 280 g/mol. The second kappa shape index (κ2) is 5.57. The minimum Gasteiger partial charge on any atom is -0.297 e. The Hall–Kier alpha value is -0.970. The molecule has 3 rings (SSSR count). The zero-order chi connectivity index (χ0) is 13.2. The monoisotopic (exact) mass is 294 g/mol. The second-order valence-electron chi connectivity index (χ2n) is 4.76. The summed E-state index contributed by atoms with van der Waals surface area (Å²) in [6.07, 6.45) is 0. The quantitative estimate of drug-likeness (QED) is 0.798. The van der Waals surface area contributed by atoms with Crippen molar-refractivity contribution >= 4 is 33.3 Å². The summed E-state index contributed by atoms with van der Waals surface area (Å²) in [5.74, 6) is 1.53. The summed E-state index contributed by atoms with van der Waals surface area (Å²) < 4.78 is 11.3. The van der Waals surface area contributed by atoms with Crippen molar-refractivity contribution in [3.05, 3.63) is 41.0 Å². The largest absolute Gasteiger partial charge is 0.297 e. The van der Waals surface area contributed by atoms with Gasteiger partial charge in [0.2, 0.25) is 0 Å². The van der Waals surface area contributed by atoms with E-state index in [4.69, 9.17) is 11.6 Å². The first-order chi connectivity index (χ1) is 9.22. The van der Waals surface area contributed by atoms with Crippen molar-refractivity contribution in [2.45, 2.75) is 6.54 Å². The highest BCUT2D eigenvalue weighted by Crippen LogP contribution is 2.22. The fourth-order valence-electron chi connectivity index (χ4n) is 2.32. The smallest absolute Gasteiger partial charge is 0.134 e. The molecule has 1 aromatic carbocycles. The van der Waals surface area contributed by atoms with Gasteiger partial charge >= 0.3 is 0 Å². The van der Waals surface area contributed by atoms with E-state index >= 15 is 0 Å². The molecule has 3 nitrogen and oxygen atoms in total. The van der Waals surface area contributed by atoms with Gasteiger partial charge in [0.25, 0.3) is 0 Å². The van der Waals surface area contributed by atoms with Crippen LogP contribution in [0.4, 0.5) is 0 Å². The average Bonchev–Trinajstić information content (AvgIpc) is 2.42. The summed E-state index contributed by atoms with van der Waals surface area (Å²) in [4.78, 5) is 6.73. The summed E-state index contributed by atoms with van der Waals surface area (Å²) in [7, 11) is -0.637. The second-order valence-corrected chi connectivity index (χ2v) is 6.81. The molecule has 100 valence electrons. The van der Waals surface area contributed by atoms with Crippen molar-refractivity contribution in [2.75, 3.05) is 24.6 Å². The van der Waals surface area contributed by atoms with Crippen LogP contribution in [0.3, 0.4) is 0 Å². The van der Waals surface area contributed by atoms with E-state index in [1.54, 1.807) is 0 Å². The standard InChI is InChI=1S/C14H15ClN2OS/c15-14-12(10-17-5-7-19(18)8-6-17)9-11-3-1-2-4-13(11)16-14/h1-4,9H,5-8,10H2. The van der Waals surface area contributed by atoms with Crippen LogP contribution in [-0.2, 0) is 17.3 Å². The first kappa shape index (κ1) is 13.0. The third-order valence-electron chi connectivity index (χ3n) is 3.41. The number of aromatic nitrogens is 1. The summed E-state index contributed by atoms with van der Waals surface area (Å²) in [6, 6.07) is 10.1. The molecule has 1 aliphatic heterocycles. The SMILES string of the molecule is O=S1CCN(Cc2cc3ccccc3nc2Cl)CC1. The van der Waals surface area contributed by atoms with Gasteiger partial charge in [0.05, 0.1) is 5.52 Å². The Morgan fingerprint density at radius 1 is 1.26 bits per heavy atom. The molecule has 0 saturated carbocycles. The zero-order valence-electron chi connectivity index (χ0n) is 10.5. The van der Waals surface area contributed by atoms with Gasteiger partial charge < -0.3 is 0 Å². The van der Waals surface area contributed by atoms with E-state index in [1.807, 2.05) is 24.3 Å². The predicted molar refractivity (Wildman–Crippen MR) is 79.9 cm³/mol. The Labute approximate surface area is 120 Å². The van der Waals surface area contributed by atoms with Crippen LogP contribution in [0.5, 0.6) is 0 Å². The maximum Gasteiger partial charge on any atom is 0.134 e. The zero-order valence-corrected chi connectivity index (χ0v) is 12.1. The van der Waals surface area contributed by atoms with E-state index in [-0.39, 0.29) is 0 Å². The van der Waals surface area contributed by atoms with E-state index in [0.717, 1.165) is 47.6 Å². The van der Waals surface area contributed by atoms with E-state index in [2.05, 4.69) is 16.0 Å². The van der Waals surface area contributed by atoms with Gasteiger partial charge in [-0.1, -0.05) is 29.8 Å². The summed E-state index contributed by atoms with van der Waals surface area (Å²) in [5.41, 5.74) is 1.98. The lowest BCUT2D eigenvalue weighted by Crippen LogP contribution is -2.37. The van der Waals surface area contributed by atoms with Crippen molar-refractivity contribution in [3.63, 3.8) is 0 Å². The van der Waals surface area contributed by atoms with Crippen molar-refractivity contribution in [1.82, 2.24) is 9.88 Å². The van der Waals surface area contributed by atoms with Gasteiger partial charge in [0.15, 0.2) is 0 Å². The molecule has 0 amide bonds. The maximum absolute atomic E-state index is 11.3. The van der Waals surface area contributed by atoms with Gasteiger partial charge in [-0.2, -0.15) is 0 Å².